The van der Waals surface area contributed by atoms with Gasteiger partial charge in [0.2, 0.25) is 0 Å². The maximum atomic E-state index is 9.26. The molecule has 2 fully saturated rings. The molecule has 0 aromatic heterocycles. The van der Waals surface area contributed by atoms with Gasteiger partial charge in [-0.2, -0.15) is 5.26 Å². The molecule has 2 bridgehead atoms. The van der Waals surface area contributed by atoms with Crippen LogP contribution in [-0.2, 0) is 0 Å². The van der Waals surface area contributed by atoms with E-state index in [-0.39, 0.29) is 0 Å². The van der Waals surface area contributed by atoms with Crippen LogP contribution in [0.5, 0.6) is 0 Å². The van der Waals surface area contributed by atoms with E-state index in [1.165, 1.54) is 32.2 Å². The van der Waals surface area contributed by atoms with Gasteiger partial charge in [0.1, 0.15) is 5.54 Å². The highest BCUT2D eigenvalue weighted by atomic mass is 15.1. The number of rotatable bonds is 6. The third-order valence-corrected chi connectivity index (χ3v) is 5.66. The highest BCUT2D eigenvalue weighted by Gasteiger charge is 2.40. The van der Waals surface area contributed by atoms with Gasteiger partial charge in [-0.05, 0) is 71.4 Å². The first-order valence-corrected chi connectivity index (χ1v) is 7.78. The quantitative estimate of drug-likeness (QED) is 0.800. The van der Waals surface area contributed by atoms with Gasteiger partial charge in [-0.15, -0.1) is 0 Å². The molecule has 0 aliphatic heterocycles. The SMILES string of the molecule is CNC(C)(C#N)CC(C)N(C)CC1CC2CCC1C2. The topological polar surface area (TPSA) is 39.1 Å². The second-order valence-corrected chi connectivity index (χ2v) is 7.12. The minimum absolute atomic E-state index is 0.400. The molecule has 2 aliphatic rings. The smallest absolute Gasteiger partial charge is 0.105 e. The Balaban J connectivity index is 1.83. The Bertz CT molecular complexity index is 348. The van der Waals surface area contributed by atoms with E-state index in [0.29, 0.717) is 6.04 Å². The zero-order valence-corrected chi connectivity index (χ0v) is 12.9. The van der Waals surface area contributed by atoms with Crippen LogP contribution in [0.4, 0.5) is 0 Å². The Hall–Kier alpha value is -0.590. The van der Waals surface area contributed by atoms with Crippen LogP contribution in [0.2, 0.25) is 0 Å². The first-order valence-electron chi connectivity index (χ1n) is 7.78. The van der Waals surface area contributed by atoms with Gasteiger partial charge in [0.25, 0.3) is 0 Å². The second kappa shape index (κ2) is 5.81. The molecule has 2 saturated carbocycles. The fraction of sp³-hybridized carbons (Fsp3) is 0.938. The lowest BCUT2D eigenvalue weighted by Gasteiger charge is -2.34. The Morgan fingerprint density at radius 3 is 2.63 bits per heavy atom. The molecule has 1 N–H and O–H groups in total. The highest BCUT2D eigenvalue weighted by Crippen LogP contribution is 2.48. The van der Waals surface area contributed by atoms with Gasteiger partial charge in [0, 0.05) is 12.6 Å². The molecule has 0 radical (unpaired) electrons. The van der Waals surface area contributed by atoms with Crippen molar-refractivity contribution in [1.29, 1.82) is 5.26 Å². The number of nitrogens with one attached hydrogen (secondary N) is 1. The summed E-state index contributed by atoms with van der Waals surface area (Å²) in [6, 6.07) is 2.85. The fourth-order valence-electron chi connectivity index (χ4n) is 4.10. The Morgan fingerprint density at radius 1 is 1.42 bits per heavy atom. The maximum Gasteiger partial charge on any atom is 0.105 e. The lowest BCUT2D eigenvalue weighted by Crippen LogP contribution is -2.45. The minimum atomic E-state index is -0.400. The van der Waals surface area contributed by atoms with Crippen molar-refractivity contribution in [2.24, 2.45) is 17.8 Å². The van der Waals surface area contributed by atoms with E-state index in [1.807, 2.05) is 14.0 Å². The summed E-state index contributed by atoms with van der Waals surface area (Å²) in [5.41, 5.74) is -0.400. The second-order valence-electron chi connectivity index (χ2n) is 7.12. The Morgan fingerprint density at radius 2 is 2.16 bits per heavy atom. The van der Waals surface area contributed by atoms with Crippen LogP contribution < -0.4 is 5.32 Å². The van der Waals surface area contributed by atoms with E-state index < -0.39 is 5.54 Å². The molecule has 5 atom stereocenters. The zero-order valence-electron chi connectivity index (χ0n) is 12.9. The Labute approximate surface area is 118 Å². The van der Waals surface area contributed by atoms with Crippen LogP contribution in [0.25, 0.3) is 0 Å². The monoisotopic (exact) mass is 263 g/mol. The van der Waals surface area contributed by atoms with Crippen molar-refractivity contribution in [3.05, 3.63) is 0 Å². The normalized spacial score (nSPS) is 34.2. The third kappa shape index (κ3) is 3.30. The molecule has 3 nitrogen and oxygen atoms in total. The van der Waals surface area contributed by atoms with Crippen LogP contribution in [0.15, 0.2) is 0 Å². The molecular weight excluding hydrogens is 234 g/mol. The molecule has 19 heavy (non-hydrogen) atoms. The molecule has 0 amide bonds. The van der Waals surface area contributed by atoms with Gasteiger partial charge in [-0.1, -0.05) is 6.42 Å². The van der Waals surface area contributed by atoms with Gasteiger partial charge in [0.15, 0.2) is 0 Å². The predicted octanol–water partition coefficient (Wildman–Crippen LogP) is 2.63. The van der Waals surface area contributed by atoms with E-state index >= 15 is 0 Å². The molecule has 108 valence electrons. The average molecular weight is 263 g/mol. The molecule has 0 spiro atoms. The summed E-state index contributed by atoms with van der Waals surface area (Å²) >= 11 is 0. The first kappa shape index (κ1) is 14.8. The largest absolute Gasteiger partial charge is 0.303 e. The van der Waals surface area contributed by atoms with Gasteiger partial charge in [0.05, 0.1) is 6.07 Å². The van der Waals surface area contributed by atoms with Crippen LogP contribution in [0, 0.1) is 29.1 Å². The molecule has 5 unspecified atom stereocenters. The van der Waals surface area contributed by atoms with Crippen LogP contribution in [-0.4, -0.2) is 37.1 Å². The fourth-order valence-corrected chi connectivity index (χ4v) is 4.10. The van der Waals surface area contributed by atoms with E-state index in [0.717, 1.165) is 24.2 Å². The van der Waals surface area contributed by atoms with E-state index in [1.54, 1.807) is 0 Å². The standard InChI is InChI=1S/C16H29N3/c1-12(9-16(2,11-17)18-3)19(4)10-15-8-13-5-6-14(15)7-13/h12-15,18H,5-10H2,1-4H3. The summed E-state index contributed by atoms with van der Waals surface area (Å²) in [6.45, 7) is 5.46. The van der Waals surface area contributed by atoms with Gasteiger partial charge in [-0.3, -0.25) is 0 Å². The number of nitriles is 1. The Kier molecular flexibility index (Phi) is 4.53. The van der Waals surface area contributed by atoms with Crippen molar-refractivity contribution in [3.63, 3.8) is 0 Å². The summed E-state index contributed by atoms with van der Waals surface area (Å²) in [7, 11) is 4.11. The van der Waals surface area contributed by atoms with Gasteiger partial charge >= 0.3 is 0 Å². The zero-order chi connectivity index (χ0) is 14.0. The van der Waals surface area contributed by atoms with Crippen LogP contribution in [0.3, 0.4) is 0 Å². The number of fused-ring (bicyclic) bond motifs is 2. The van der Waals surface area contributed by atoms with Crippen LogP contribution in [0.1, 0.15) is 46.0 Å². The van der Waals surface area contributed by atoms with Crippen molar-refractivity contribution in [2.45, 2.75) is 57.5 Å². The summed E-state index contributed by atoms with van der Waals surface area (Å²) in [4.78, 5) is 2.47. The average Bonchev–Trinajstić information content (AvgIpc) is 3.00. The van der Waals surface area contributed by atoms with Crippen molar-refractivity contribution in [3.8, 4) is 6.07 Å². The third-order valence-electron chi connectivity index (χ3n) is 5.66. The molecule has 0 heterocycles. The maximum absolute atomic E-state index is 9.26. The summed E-state index contributed by atoms with van der Waals surface area (Å²) in [5, 5.41) is 12.4. The van der Waals surface area contributed by atoms with Gasteiger partial charge in [-0.25, -0.2) is 0 Å². The molecule has 0 aromatic carbocycles. The minimum Gasteiger partial charge on any atom is -0.303 e. The number of hydrogen-bond acceptors (Lipinski definition) is 3. The van der Waals surface area contributed by atoms with E-state index in [4.69, 9.17) is 0 Å². The summed E-state index contributed by atoms with van der Waals surface area (Å²) in [6.07, 6.45) is 6.76. The number of hydrogen-bond donors (Lipinski definition) is 1. The van der Waals surface area contributed by atoms with E-state index in [2.05, 4.69) is 30.3 Å². The molecule has 0 aromatic rings. The van der Waals surface area contributed by atoms with Gasteiger partial charge < -0.3 is 10.2 Å². The molecule has 0 saturated heterocycles. The summed E-state index contributed by atoms with van der Waals surface area (Å²) < 4.78 is 0. The molecule has 2 rings (SSSR count). The van der Waals surface area contributed by atoms with Crippen molar-refractivity contribution >= 4 is 0 Å². The highest BCUT2D eigenvalue weighted by molar-refractivity contribution is 5.04. The predicted molar refractivity (Wildman–Crippen MR) is 78.7 cm³/mol. The van der Waals surface area contributed by atoms with Crippen molar-refractivity contribution in [1.82, 2.24) is 10.2 Å². The molecule has 2 aliphatic carbocycles. The first-order chi connectivity index (χ1) is 8.97. The number of nitrogens with zero attached hydrogens (tertiary/aromatic N) is 2. The van der Waals surface area contributed by atoms with Crippen molar-refractivity contribution < 1.29 is 0 Å². The van der Waals surface area contributed by atoms with Crippen LogP contribution >= 0.6 is 0 Å². The van der Waals surface area contributed by atoms with E-state index in [9.17, 15) is 5.26 Å². The lowest BCUT2D eigenvalue weighted by atomic mass is 9.87. The van der Waals surface area contributed by atoms with Crippen molar-refractivity contribution in [2.75, 3.05) is 20.6 Å². The summed E-state index contributed by atoms with van der Waals surface area (Å²) in [5.74, 6) is 2.93. The lowest BCUT2D eigenvalue weighted by molar-refractivity contribution is 0.161. The molecular formula is C16H29N3. The molecule has 3 heteroatoms.